The first kappa shape index (κ1) is 24.6. The standard InChI is InChI=1S/C25H25F4N3OS/c26-19-7-3-17(4-8-19)22(25(28,29)18-5-9-20(27)10-6-18)31-21(14-34-13-16-1-2-16)23(33)32-24(15-30)11-12-24/h3-10,16,21-22,31H,1-2,11-14H2,(H,32,33). The lowest BCUT2D eigenvalue weighted by Gasteiger charge is -2.32. The molecule has 9 heteroatoms. The number of nitrogens with one attached hydrogen (secondary N) is 2. The number of hydrogen-bond donors (Lipinski definition) is 2. The largest absolute Gasteiger partial charge is 0.336 e. The maximum Gasteiger partial charge on any atom is 0.292 e. The van der Waals surface area contributed by atoms with Gasteiger partial charge in [0.05, 0.1) is 12.1 Å². The second-order valence-electron chi connectivity index (χ2n) is 9.00. The highest BCUT2D eigenvalue weighted by molar-refractivity contribution is 7.99. The van der Waals surface area contributed by atoms with E-state index in [-0.39, 0.29) is 11.3 Å². The predicted octanol–water partition coefficient (Wildman–Crippen LogP) is 5.07. The second kappa shape index (κ2) is 9.96. The first-order valence-corrected chi connectivity index (χ1v) is 12.3. The highest BCUT2D eigenvalue weighted by Crippen LogP contribution is 2.42. The molecule has 0 radical (unpaired) electrons. The molecule has 0 heterocycles. The van der Waals surface area contributed by atoms with Gasteiger partial charge in [0, 0.05) is 11.3 Å². The third-order valence-electron chi connectivity index (χ3n) is 6.14. The van der Waals surface area contributed by atoms with Gasteiger partial charge in [0.25, 0.3) is 5.92 Å². The Kier molecular flexibility index (Phi) is 7.20. The van der Waals surface area contributed by atoms with Gasteiger partial charge in [-0.3, -0.25) is 10.1 Å². The average molecular weight is 492 g/mol. The number of carbonyl (C=O) groups is 1. The summed E-state index contributed by atoms with van der Waals surface area (Å²) in [5.41, 5.74) is -1.29. The zero-order chi connectivity index (χ0) is 24.3. The molecule has 2 atom stereocenters. The highest BCUT2D eigenvalue weighted by Gasteiger charge is 2.48. The predicted molar refractivity (Wildman–Crippen MR) is 122 cm³/mol. The minimum atomic E-state index is -3.54. The van der Waals surface area contributed by atoms with Gasteiger partial charge in [-0.15, -0.1) is 0 Å². The van der Waals surface area contributed by atoms with Gasteiger partial charge in [-0.25, -0.2) is 8.78 Å². The van der Waals surface area contributed by atoms with Crippen molar-refractivity contribution >= 4 is 17.7 Å². The van der Waals surface area contributed by atoms with E-state index in [9.17, 15) is 18.8 Å². The van der Waals surface area contributed by atoms with E-state index in [1.807, 2.05) is 0 Å². The fourth-order valence-corrected chi connectivity index (χ4v) is 4.94. The Bertz CT molecular complexity index is 1050. The average Bonchev–Trinajstić information content (AvgIpc) is 3.74. The number of nitrogens with zero attached hydrogens (tertiary/aromatic N) is 1. The van der Waals surface area contributed by atoms with Gasteiger partial charge < -0.3 is 5.32 Å². The van der Waals surface area contributed by atoms with Crippen LogP contribution in [-0.4, -0.2) is 29.0 Å². The van der Waals surface area contributed by atoms with Crippen LogP contribution in [0.1, 0.15) is 42.9 Å². The summed E-state index contributed by atoms with van der Waals surface area (Å²) >= 11 is 1.50. The lowest BCUT2D eigenvalue weighted by molar-refractivity contribution is -0.124. The smallest absolute Gasteiger partial charge is 0.292 e. The zero-order valence-electron chi connectivity index (χ0n) is 18.4. The molecule has 4 nitrogen and oxygen atoms in total. The van der Waals surface area contributed by atoms with Crippen LogP contribution in [0.2, 0.25) is 0 Å². The molecule has 2 aliphatic carbocycles. The zero-order valence-corrected chi connectivity index (χ0v) is 19.2. The molecule has 2 aromatic rings. The van der Waals surface area contributed by atoms with Crippen LogP contribution >= 0.6 is 11.8 Å². The lowest BCUT2D eigenvalue weighted by Crippen LogP contribution is -2.53. The molecule has 2 fully saturated rings. The summed E-state index contributed by atoms with van der Waals surface area (Å²) in [6.07, 6.45) is 3.28. The number of thioether (sulfide) groups is 1. The molecule has 0 aromatic heterocycles. The quantitative estimate of drug-likeness (QED) is 0.431. The van der Waals surface area contributed by atoms with Crippen LogP contribution < -0.4 is 10.6 Å². The summed E-state index contributed by atoms with van der Waals surface area (Å²) in [4.78, 5) is 13.1. The normalized spacial score (nSPS) is 18.6. The summed E-state index contributed by atoms with van der Waals surface area (Å²) < 4.78 is 58.5. The van der Waals surface area contributed by atoms with Crippen LogP contribution in [0.5, 0.6) is 0 Å². The van der Waals surface area contributed by atoms with Crippen molar-refractivity contribution in [3.63, 3.8) is 0 Å². The molecule has 0 spiro atoms. The Hall–Kier alpha value is -2.57. The number of benzene rings is 2. The Morgan fingerprint density at radius 2 is 1.68 bits per heavy atom. The van der Waals surface area contributed by atoms with Gasteiger partial charge in [0.15, 0.2) is 0 Å². The third kappa shape index (κ3) is 5.91. The fraction of sp³-hybridized carbons (Fsp3) is 0.440. The molecule has 2 aromatic carbocycles. The monoisotopic (exact) mass is 491 g/mol. The van der Waals surface area contributed by atoms with Crippen molar-refractivity contribution in [1.29, 1.82) is 5.26 Å². The molecule has 0 aliphatic heterocycles. The summed E-state index contributed by atoms with van der Waals surface area (Å²) in [7, 11) is 0. The topological polar surface area (TPSA) is 64.9 Å². The number of amides is 1. The minimum Gasteiger partial charge on any atom is -0.336 e. The molecule has 2 saturated carbocycles. The van der Waals surface area contributed by atoms with Crippen molar-refractivity contribution < 1.29 is 22.4 Å². The van der Waals surface area contributed by atoms with Gasteiger partial charge >= 0.3 is 0 Å². The first-order valence-electron chi connectivity index (χ1n) is 11.2. The van der Waals surface area contributed by atoms with E-state index in [4.69, 9.17) is 0 Å². The number of alkyl halides is 2. The molecule has 0 bridgehead atoms. The van der Waals surface area contributed by atoms with Gasteiger partial charge in [-0.1, -0.05) is 24.3 Å². The van der Waals surface area contributed by atoms with Crippen LogP contribution in [0.4, 0.5) is 17.6 Å². The van der Waals surface area contributed by atoms with E-state index in [2.05, 4.69) is 16.7 Å². The molecular formula is C25H25F4N3OS. The number of halogens is 4. The molecule has 4 rings (SSSR count). The Labute approximate surface area is 200 Å². The van der Waals surface area contributed by atoms with Crippen molar-refractivity contribution in [1.82, 2.24) is 10.6 Å². The Balaban J connectivity index is 1.62. The van der Waals surface area contributed by atoms with E-state index < -0.39 is 46.7 Å². The third-order valence-corrected chi connectivity index (χ3v) is 7.42. The van der Waals surface area contributed by atoms with Crippen LogP contribution in [0.3, 0.4) is 0 Å². The van der Waals surface area contributed by atoms with Crippen molar-refractivity contribution in [2.75, 3.05) is 11.5 Å². The molecule has 0 saturated heterocycles. The van der Waals surface area contributed by atoms with Crippen LogP contribution in [-0.2, 0) is 10.7 Å². The van der Waals surface area contributed by atoms with Gasteiger partial charge in [0.2, 0.25) is 5.91 Å². The van der Waals surface area contributed by atoms with Crippen molar-refractivity contribution in [3.8, 4) is 6.07 Å². The molecule has 180 valence electrons. The maximum atomic E-state index is 15.8. The highest BCUT2D eigenvalue weighted by atomic mass is 32.2. The first-order chi connectivity index (χ1) is 16.2. The number of hydrogen-bond acceptors (Lipinski definition) is 4. The van der Waals surface area contributed by atoms with Crippen LogP contribution in [0.15, 0.2) is 48.5 Å². The summed E-state index contributed by atoms with van der Waals surface area (Å²) in [6.45, 7) is 0. The molecule has 1 amide bonds. The molecular weight excluding hydrogens is 466 g/mol. The van der Waals surface area contributed by atoms with Crippen LogP contribution in [0.25, 0.3) is 0 Å². The number of rotatable bonds is 11. The lowest BCUT2D eigenvalue weighted by atomic mass is 9.93. The Morgan fingerprint density at radius 1 is 1.09 bits per heavy atom. The summed E-state index contributed by atoms with van der Waals surface area (Å²) in [5.74, 6) is -3.65. The molecule has 2 N–H and O–H groups in total. The van der Waals surface area contributed by atoms with Crippen molar-refractivity contribution in [2.24, 2.45) is 5.92 Å². The summed E-state index contributed by atoms with van der Waals surface area (Å²) in [5, 5.41) is 14.9. The van der Waals surface area contributed by atoms with Crippen molar-refractivity contribution in [2.45, 2.75) is 49.2 Å². The SMILES string of the molecule is N#CC1(NC(=O)C(CSCC2CC2)NC(c2ccc(F)cc2)C(F)(F)c2ccc(F)cc2)CC1. The number of carbonyl (C=O) groups excluding carboxylic acids is 1. The van der Waals surface area contributed by atoms with Crippen molar-refractivity contribution in [3.05, 3.63) is 71.3 Å². The number of nitriles is 1. The fourth-order valence-electron chi connectivity index (χ4n) is 3.65. The Morgan fingerprint density at radius 3 is 2.21 bits per heavy atom. The van der Waals surface area contributed by atoms with Gasteiger partial charge in [-0.2, -0.15) is 25.8 Å². The van der Waals surface area contributed by atoms with E-state index in [1.54, 1.807) is 0 Å². The van der Waals surface area contributed by atoms with Crippen LogP contribution in [0, 0.1) is 28.9 Å². The molecule has 2 unspecified atom stereocenters. The molecule has 34 heavy (non-hydrogen) atoms. The maximum absolute atomic E-state index is 15.8. The second-order valence-corrected chi connectivity index (χ2v) is 10.1. The molecule has 2 aliphatic rings. The van der Waals surface area contributed by atoms with E-state index >= 15 is 8.78 Å². The minimum absolute atomic E-state index is 0.0853. The van der Waals surface area contributed by atoms with E-state index in [0.29, 0.717) is 18.8 Å². The van der Waals surface area contributed by atoms with E-state index in [0.717, 1.165) is 55.0 Å². The van der Waals surface area contributed by atoms with Gasteiger partial charge in [0.1, 0.15) is 23.2 Å². The summed E-state index contributed by atoms with van der Waals surface area (Å²) in [6, 6.07) is 7.92. The van der Waals surface area contributed by atoms with Gasteiger partial charge in [-0.05, 0) is 67.2 Å². The van der Waals surface area contributed by atoms with E-state index in [1.165, 1.54) is 23.9 Å².